The molecule has 1 saturated heterocycles. The monoisotopic (exact) mass is 249 g/mol. The van der Waals surface area contributed by atoms with Gasteiger partial charge in [-0.3, -0.25) is 4.68 Å². The lowest BCUT2D eigenvalue weighted by Gasteiger charge is -2.33. The lowest BCUT2D eigenvalue weighted by atomic mass is 9.81. The molecule has 0 bridgehead atoms. The van der Waals surface area contributed by atoms with Gasteiger partial charge in [0.05, 0.1) is 5.69 Å². The molecule has 0 radical (unpaired) electrons. The summed E-state index contributed by atoms with van der Waals surface area (Å²) >= 11 is 0. The van der Waals surface area contributed by atoms with Crippen LogP contribution in [0.2, 0.25) is 0 Å². The Hall–Kier alpha value is -0.830. The molecule has 18 heavy (non-hydrogen) atoms. The van der Waals surface area contributed by atoms with Gasteiger partial charge in [0.15, 0.2) is 0 Å². The predicted octanol–water partition coefficient (Wildman–Crippen LogP) is 3.17. The highest BCUT2D eigenvalue weighted by Crippen LogP contribution is 2.31. The minimum Gasteiger partial charge on any atom is -0.311 e. The SMILES string of the molecule is CCC(C)n1ccc(CC2(C(C)C)CCCN2)n1. The Bertz CT molecular complexity index is 375. The second-order valence-corrected chi connectivity index (χ2v) is 6.06. The van der Waals surface area contributed by atoms with Gasteiger partial charge in [-0.2, -0.15) is 5.10 Å². The molecule has 2 unspecified atom stereocenters. The molecule has 1 aromatic rings. The van der Waals surface area contributed by atoms with Crippen LogP contribution in [0.5, 0.6) is 0 Å². The van der Waals surface area contributed by atoms with Crippen molar-refractivity contribution in [1.29, 1.82) is 0 Å². The van der Waals surface area contributed by atoms with E-state index < -0.39 is 0 Å². The third-order valence-electron chi connectivity index (χ3n) is 4.58. The minimum absolute atomic E-state index is 0.272. The van der Waals surface area contributed by atoms with Crippen LogP contribution in [0.25, 0.3) is 0 Å². The third kappa shape index (κ3) is 2.61. The first kappa shape index (κ1) is 13.6. The van der Waals surface area contributed by atoms with Gasteiger partial charge in [-0.1, -0.05) is 20.8 Å². The molecule has 2 heterocycles. The first-order valence-electron chi connectivity index (χ1n) is 7.36. The van der Waals surface area contributed by atoms with E-state index in [1.54, 1.807) is 0 Å². The Morgan fingerprint density at radius 1 is 1.44 bits per heavy atom. The Balaban J connectivity index is 2.10. The van der Waals surface area contributed by atoms with Crippen LogP contribution < -0.4 is 5.32 Å². The van der Waals surface area contributed by atoms with Crippen molar-refractivity contribution in [2.24, 2.45) is 5.92 Å². The summed E-state index contributed by atoms with van der Waals surface area (Å²) in [5, 5.41) is 8.47. The van der Waals surface area contributed by atoms with Gasteiger partial charge in [0.1, 0.15) is 0 Å². The molecule has 102 valence electrons. The fraction of sp³-hybridized carbons (Fsp3) is 0.800. The summed E-state index contributed by atoms with van der Waals surface area (Å²) in [5.74, 6) is 0.661. The maximum atomic E-state index is 4.75. The summed E-state index contributed by atoms with van der Waals surface area (Å²) in [6.45, 7) is 10.2. The maximum Gasteiger partial charge on any atom is 0.0643 e. The summed E-state index contributed by atoms with van der Waals surface area (Å²) in [6.07, 6.45) is 6.90. The standard InChI is InChI=1S/C15H27N3/c1-5-13(4)18-10-7-14(17-18)11-15(12(2)3)8-6-9-16-15/h7,10,12-13,16H,5-6,8-9,11H2,1-4H3. The molecule has 0 aliphatic carbocycles. The van der Waals surface area contributed by atoms with Gasteiger partial charge in [0.2, 0.25) is 0 Å². The molecule has 0 spiro atoms. The first-order chi connectivity index (χ1) is 8.57. The summed E-state index contributed by atoms with van der Waals surface area (Å²) < 4.78 is 2.11. The largest absolute Gasteiger partial charge is 0.311 e. The highest BCUT2D eigenvalue weighted by molar-refractivity contribution is 5.09. The molecular formula is C15H27N3. The van der Waals surface area contributed by atoms with Crippen LogP contribution in [-0.2, 0) is 6.42 Å². The van der Waals surface area contributed by atoms with Gasteiger partial charge >= 0.3 is 0 Å². The molecule has 2 rings (SSSR count). The van der Waals surface area contributed by atoms with Crippen molar-refractivity contribution in [2.75, 3.05) is 6.54 Å². The zero-order chi connectivity index (χ0) is 13.2. The topological polar surface area (TPSA) is 29.9 Å². The fourth-order valence-electron chi connectivity index (χ4n) is 2.90. The summed E-state index contributed by atoms with van der Waals surface area (Å²) in [5.41, 5.74) is 1.51. The molecule has 1 aliphatic heterocycles. The highest BCUT2D eigenvalue weighted by atomic mass is 15.3. The van der Waals surface area contributed by atoms with Gasteiger partial charge in [-0.25, -0.2) is 0 Å². The third-order valence-corrected chi connectivity index (χ3v) is 4.58. The van der Waals surface area contributed by atoms with Crippen LogP contribution in [-0.4, -0.2) is 21.9 Å². The molecule has 1 fully saturated rings. The van der Waals surface area contributed by atoms with Crippen molar-refractivity contribution in [3.05, 3.63) is 18.0 Å². The number of rotatable bonds is 5. The van der Waals surface area contributed by atoms with Crippen LogP contribution in [0, 0.1) is 5.92 Å². The summed E-state index contributed by atoms with van der Waals surface area (Å²) in [4.78, 5) is 0. The van der Waals surface area contributed by atoms with E-state index in [4.69, 9.17) is 5.10 Å². The predicted molar refractivity (Wildman–Crippen MR) is 75.7 cm³/mol. The van der Waals surface area contributed by atoms with E-state index in [9.17, 15) is 0 Å². The van der Waals surface area contributed by atoms with Crippen molar-refractivity contribution < 1.29 is 0 Å². The van der Waals surface area contributed by atoms with Crippen molar-refractivity contribution in [2.45, 2.75) is 65.0 Å². The van der Waals surface area contributed by atoms with E-state index in [0.717, 1.165) is 19.4 Å². The molecular weight excluding hydrogens is 222 g/mol. The molecule has 3 heteroatoms. The van der Waals surface area contributed by atoms with Gasteiger partial charge < -0.3 is 5.32 Å². The smallest absolute Gasteiger partial charge is 0.0643 e. The first-order valence-corrected chi connectivity index (χ1v) is 7.36. The van der Waals surface area contributed by atoms with Crippen molar-refractivity contribution in [3.8, 4) is 0 Å². The van der Waals surface area contributed by atoms with Gasteiger partial charge in [-0.15, -0.1) is 0 Å². The van der Waals surface area contributed by atoms with E-state index in [-0.39, 0.29) is 5.54 Å². The van der Waals surface area contributed by atoms with Crippen LogP contribution in [0.3, 0.4) is 0 Å². The van der Waals surface area contributed by atoms with Gasteiger partial charge in [-0.05, 0) is 44.7 Å². The average molecular weight is 249 g/mol. The zero-order valence-electron chi connectivity index (χ0n) is 12.2. The normalized spacial score (nSPS) is 25.8. The maximum absolute atomic E-state index is 4.75. The van der Waals surface area contributed by atoms with E-state index in [1.807, 2.05) is 0 Å². The van der Waals surface area contributed by atoms with Crippen molar-refractivity contribution in [1.82, 2.24) is 15.1 Å². The second kappa shape index (κ2) is 5.43. The summed E-state index contributed by atoms with van der Waals surface area (Å²) in [7, 11) is 0. The van der Waals surface area contributed by atoms with Crippen LogP contribution in [0.4, 0.5) is 0 Å². The van der Waals surface area contributed by atoms with E-state index in [0.29, 0.717) is 12.0 Å². The zero-order valence-corrected chi connectivity index (χ0v) is 12.2. The molecule has 0 amide bonds. The Labute approximate surface area is 111 Å². The quantitative estimate of drug-likeness (QED) is 0.868. The Morgan fingerprint density at radius 3 is 2.78 bits per heavy atom. The molecule has 2 atom stereocenters. The number of nitrogens with zero attached hydrogens (tertiary/aromatic N) is 2. The lowest BCUT2D eigenvalue weighted by molar-refractivity contribution is 0.266. The molecule has 0 saturated carbocycles. The molecule has 1 N–H and O–H groups in total. The Morgan fingerprint density at radius 2 is 2.22 bits per heavy atom. The average Bonchev–Trinajstić information content (AvgIpc) is 2.98. The molecule has 0 aromatic carbocycles. The summed E-state index contributed by atoms with van der Waals surface area (Å²) in [6, 6.07) is 2.70. The number of hydrogen-bond donors (Lipinski definition) is 1. The van der Waals surface area contributed by atoms with E-state index in [1.165, 1.54) is 18.5 Å². The van der Waals surface area contributed by atoms with Crippen LogP contribution in [0.1, 0.15) is 58.7 Å². The van der Waals surface area contributed by atoms with Crippen molar-refractivity contribution >= 4 is 0 Å². The second-order valence-electron chi connectivity index (χ2n) is 6.06. The van der Waals surface area contributed by atoms with Gasteiger partial charge in [0.25, 0.3) is 0 Å². The van der Waals surface area contributed by atoms with E-state index in [2.05, 4.69) is 50.0 Å². The van der Waals surface area contributed by atoms with Gasteiger partial charge in [0, 0.05) is 24.2 Å². The number of hydrogen-bond acceptors (Lipinski definition) is 2. The fourth-order valence-corrected chi connectivity index (χ4v) is 2.90. The van der Waals surface area contributed by atoms with E-state index >= 15 is 0 Å². The molecule has 1 aromatic heterocycles. The van der Waals surface area contributed by atoms with Crippen LogP contribution in [0.15, 0.2) is 12.3 Å². The highest BCUT2D eigenvalue weighted by Gasteiger charge is 2.37. The Kier molecular flexibility index (Phi) is 4.10. The lowest BCUT2D eigenvalue weighted by Crippen LogP contribution is -2.46. The number of aromatic nitrogens is 2. The van der Waals surface area contributed by atoms with Crippen LogP contribution >= 0.6 is 0 Å². The van der Waals surface area contributed by atoms with Crippen molar-refractivity contribution in [3.63, 3.8) is 0 Å². The molecule has 1 aliphatic rings. The minimum atomic E-state index is 0.272. The number of nitrogens with one attached hydrogen (secondary N) is 1. The molecule has 3 nitrogen and oxygen atoms in total.